The number of benzene rings is 16. The zero-order chi connectivity index (χ0) is 71.2. The van der Waals surface area contributed by atoms with E-state index in [9.17, 15) is 10.5 Å². The number of para-hydroxylation sites is 5. The molecule has 6 heterocycles. The molecule has 16 aromatic carbocycles. The molecule has 0 bridgehead atoms. The van der Waals surface area contributed by atoms with Gasteiger partial charge in [-0.25, -0.2) is 15.0 Å². The number of hydrogen-bond donors (Lipinski definition) is 0. The maximum atomic E-state index is 10.4. The van der Waals surface area contributed by atoms with Gasteiger partial charge in [0.05, 0.1) is 72.5 Å². The Labute approximate surface area is 618 Å². The Hall–Kier alpha value is -15.0. The first-order valence-corrected chi connectivity index (χ1v) is 36.3. The van der Waals surface area contributed by atoms with Crippen LogP contribution in [0.4, 0.5) is 0 Å². The molecule has 498 valence electrons. The molecule has 22 rings (SSSR count). The van der Waals surface area contributed by atoms with Gasteiger partial charge < -0.3 is 18.3 Å². The maximum absolute atomic E-state index is 10.4. The van der Waals surface area contributed by atoms with Crippen molar-refractivity contribution in [2.24, 2.45) is 0 Å². The van der Waals surface area contributed by atoms with E-state index in [-0.39, 0.29) is 0 Å². The minimum Gasteiger partial charge on any atom is -0.309 e. The van der Waals surface area contributed by atoms with Crippen LogP contribution in [0.2, 0.25) is 0 Å². The Morgan fingerprint density at radius 2 is 0.722 bits per heavy atom. The topological polar surface area (TPSA) is 106 Å². The van der Waals surface area contributed by atoms with Crippen molar-refractivity contribution in [3.05, 3.63) is 357 Å². The van der Waals surface area contributed by atoms with E-state index in [1.165, 1.54) is 54.1 Å². The van der Waals surface area contributed by atoms with Crippen LogP contribution in [0.15, 0.2) is 346 Å². The lowest BCUT2D eigenvalue weighted by Gasteiger charge is -2.14. The van der Waals surface area contributed by atoms with Crippen molar-refractivity contribution >= 4 is 131 Å². The minimum absolute atomic E-state index is 0.343. The van der Waals surface area contributed by atoms with E-state index >= 15 is 0 Å². The van der Waals surface area contributed by atoms with Gasteiger partial charge in [0.25, 0.3) is 0 Å². The molecular weight excluding hydrogens is 1320 g/mol. The molecule has 0 amide bonds. The number of hydrogen-bond acceptors (Lipinski definition) is 5. The lowest BCUT2D eigenvalue weighted by molar-refractivity contribution is 1.17. The van der Waals surface area contributed by atoms with Crippen LogP contribution in [0, 0.1) is 22.7 Å². The predicted octanol–water partition coefficient (Wildman–Crippen LogP) is 25.0. The molecule has 0 aliphatic rings. The number of aromatic nitrogens is 7. The Kier molecular flexibility index (Phi) is 13.3. The van der Waals surface area contributed by atoms with Crippen LogP contribution in [0.1, 0.15) is 11.3 Å². The zero-order valence-electron chi connectivity index (χ0n) is 57.9. The minimum atomic E-state index is 0.343. The summed E-state index contributed by atoms with van der Waals surface area (Å²) >= 11 is 0. The number of nitriles is 2. The standard InChI is InChI=1S/C99H57N9/c100-58-68-54-87(102-85-30-14-11-24-73(68)85)62-34-43-72(44-35-62)106-91-33-17-29-74(65-42-51-90-84(52-65)79-49-39-61-19-8-10-26-76(61)98(79)107(90)69-20-3-1-4-21-69)95(91)82-50-40-64(55-93(82)106)67-53-83(66-41-47-77-78-48-38-60-18-7-9-25-75(60)97(78)108(92(77)56-66)70-22-5-2-6-23-70)96-81-28-13-16-32-89(81)105(94(96)57-67)71-45-36-63(37-46-71)99-103-86-31-15-12-27-80(86)88(59-101)104-99/h1-57H. The van der Waals surface area contributed by atoms with Gasteiger partial charge in [-0.2, -0.15) is 10.5 Å². The van der Waals surface area contributed by atoms with Gasteiger partial charge in [-0.3, -0.25) is 0 Å². The molecule has 0 unspecified atom stereocenters. The largest absolute Gasteiger partial charge is 0.309 e. The van der Waals surface area contributed by atoms with Gasteiger partial charge in [0.1, 0.15) is 6.07 Å². The van der Waals surface area contributed by atoms with Crippen LogP contribution in [0.5, 0.6) is 0 Å². The van der Waals surface area contributed by atoms with Gasteiger partial charge in [0.15, 0.2) is 11.5 Å². The van der Waals surface area contributed by atoms with Gasteiger partial charge in [-0.05, 0) is 178 Å². The van der Waals surface area contributed by atoms with Crippen LogP contribution in [-0.2, 0) is 0 Å². The lowest BCUT2D eigenvalue weighted by atomic mass is 9.93. The summed E-state index contributed by atoms with van der Waals surface area (Å²) < 4.78 is 9.72. The molecule has 0 spiro atoms. The fraction of sp³-hybridized carbons (Fsp3) is 0. The van der Waals surface area contributed by atoms with Crippen molar-refractivity contribution in [2.45, 2.75) is 0 Å². The third-order valence-electron chi connectivity index (χ3n) is 22.2. The summed E-state index contributed by atoms with van der Waals surface area (Å²) in [5.74, 6) is 0.494. The number of fused-ring (bicyclic) bond motifs is 18. The molecule has 22 aromatic rings. The molecule has 108 heavy (non-hydrogen) atoms. The summed E-state index contributed by atoms with van der Waals surface area (Å²) in [6.45, 7) is 0. The van der Waals surface area contributed by atoms with E-state index in [1.54, 1.807) is 0 Å². The third-order valence-corrected chi connectivity index (χ3v) is 22.2. The number of pyridine rings is 1. The molecule has 0 aliphatic heterocycles. The van der Waals surface area contributed by atoms with Gasteiger partial charge in [0, 0.05) is 98.5 Å². The monoisotopic (exact) mass is 1370 g/mol. The Balaban J connectivity index is 0.791. The van der Waals surface area contributed by atoms with Crippen LogP contribution in [0.3, 0.4) is 0 Å². The van der Waals surface area contributed by atoms with E-state index in [4.69, 9.17) is 15.0 Å². The second kappa shape index (κ2) is 23.8. The van der Waals surface area contributed by atoms with Crippen molar-refractivity contribution in [2.75, 3.05) is 0 Å². The van der Waals surface area contributed by atoms with E-state index in [2.05, 4.69) is 322 Å². The maximum Gasteiger partial charge on any atom is 0.161 e. The second-order valence-electron chi connectivity index (χ2n) is 28.0. The molecule has 9 nitrogen and oxygen atoms in total. The Morgan fingerprint density at radius 3 is 1.43 bits per heavy atom. The highest BCUT2D eigenvalue weighted by Crippen LogP contribution is 2.48. The molecule has 0 atom stereocenters. The van der Waals surface area contributed by atoms with Crippen molar-refractivity contribution in [3.8, 4) is 90.9 Å². The number of nitrogens with zero attached hydrogens (tertiary/aromatic N) is 9. The molecule has 0 fully saturated rings. The summed E-state index contributed by atoms with van der Waals surface area (Å²) in [7, 11) is 0. The molecule has 6 aromatic heterocycles. The van der Waals surface area contributed by atoms with Crippen LogP contribution < -0.4 is 0 Å². The van der Waals surface area contributed by atoms with Crippen LogP contribution in [-0.4, -0.2) is 33.2 Å². The van der Waals surface area contributed by atoms with E-state index in [0.717, 1.165) is 149 Å². The van der Waals surface area contributed by atoms with Gasteiger partial charge in [-0.15, -0.1) is 0 Å². The highest BCUT2D eigenvalue weighted by atomic mass is 15.0. The summed E-state index contributed by atoms with van der Waals surface area (Å²) in [5.41, 5.74) is 24.4. The first kappa shape index (κ1) is 60.5. The molecule has 0 radical (unpaired) electrons. The van der Waals surface area contributed by atoms with Crippen molar-refractivity contribution < 1.29 is 0 Å². The normalized spacial score (nSPS) is 11.9. The number of rotatable bonds is 9. The smallest absolute Gasteiger partial charge is 0.161 e. The summed E-state index contributed by atoms with van der Waals surface area (Å²) in [6.07, 6.45) is 0. The Morgan fingerprint density at radius 1 is 0.241 bits per heavy atom. The summed E-state index contributed by atoms with van der Waals surface area (Å²) in [5, 5.41) is 36.3. The molecule has 0 saturated carbocycles. The fourth-order valence-corrected chi connectivity index (χ4v) is 17.4. The molecule has 0 aliphatic carbocycles. The third kappa shape index (κ3) is 9.20. The quantitative estimate of drug-likeness (QED) is 0.143. The summed E-state index contributed by atoms with van der Waals surface area (Å²) in [4.78, 5) is 14.9. The van der Waals surface area contributed by atoms with Crippen LogP contribution in [0.25, 0.3) is 209 Å². The van der Waals surface area contributed by atoms with Crippen molar-refractivity contribution in [1.82, 2.24) is 33.2 Å². The van der Waals surface area contributed by atoms with Gasteiger partial charge in [0.2, 0.25) is 0 Å². The molecule has 0 N–H and O–H groups in total. The first-order valence-electron chi connectivity index (χ1n) is 36.3. The van der Waals surface area contributed by atoms with E-state index in [1.807, 2.05) is 54.6 Å². The van der Waals surface area contributed by atoms with Crippen molar-refractivity contribution in [3.63, 3.8) is 0 Å². The predicted molar refractivity (Wildman–Crippen MR) is 444 cm³/mol. The molecular formula is C99H57N9. The lowest BCUT2D eigenvalue weighted by Crippen LogP contribution is -1.97. The molecule has 0 saturated heterocycles. The van der Waals surface area contributed by atoms with Crippen LogP contribution >= 0.6 is 0 Å². The Bertz CT molecular complexity index is 7680. The second-order valence-corrected chi connectivity index (χ2v) is 28.0. The highest BCUT2D eigenvalue weighted by molar-refractivity contribution is 6.24. The van der Waals surface area contributed by atoms with Gasteiger partial charge in [-0.1, -0.05) is 212 Å². The van der Waals surface area contributed by atoms with Crippen molar-refractivity contribution in [1.29, 1.82) is 10.5 Å². The summed E-state index contributed by atoms with van der Waals surface area (Å²) in [6, 6.07) is 129. The zero-order valence-corrected chi connectivity index (χ0v) is 57.9. The van der Waals surface area contributed by atoms with E-state index in [0.29, 0.717) is 17.1 Å². The van der Waals surface area contributed by atoms with Gasteiger partial charge >= 0.3 is 0 Å². The average molecular weight is 1370 g/mol. The van der Waals surface area contributed by atoms with E-state index < -0.39 is 0 Å². The average Bonchev–Trinajstić information content (AvgIpc) is 1.57. The SMILES string of the molecule is N#Cc1cc(-c2ccc(-n3c4cc(-c5cc(-c6ccc7c8ccc9ccccc9c8n(-c8ccccc8)c7c6)c6c7ccccc7n(-c7ccc(-c8nc(C#N)c9ccccc9n8)cc7)c6c5)ccc4c4c(-c5ccc6c(c5)c5ccc7ccccc7c5n6-c5ccccc5)cccc43)cc2)nc2ccccc12. The first-order chi connectivity index (χ1) is 53.5. The molecule has 9 heteroatoms. The highest BCUT2D eigenvalue weighted by Gasteiger charge is 2.25. The fourth-order valence-electron chi connectivity index (χ4n) is 17.4.